The number of amides is 1. The molecule has 17 heavy (non-hydrogen) atoms. The van der Waals surface area contributed by atoms with Gasteiger partial charge in [0.1, 0.15) is 5.82 Å². The van der Waals surface area contributed by atoms with Crippen LogP contribution in [-0.2, 0) is 9.59 Å². The SMILES string of the molecule is CCN(C=O)C(C(=O)O)c1ccc(Br)cc1F. The van der Waals surface area contributed by atoms with E-state index in [1.165, 1.54) is 18.2 Å². The number of carboxylic acid groups (broad SMARTS) is 1. The third-order valence-electron chi connectivity index (χ3n) is 2.32. The van der Waals surface area contributed by atoms with E-state index in [9.17, 15) is 14.0 Å². The van der Waals surface area contributed by atoms with Crippen LogP contribution >= 0.6 is 15.9 Å². The number of hydrogen-bond acceptors (Lipinski definition) is 2. The molecule has 0 bridgehead atoms. The summed E-state index contributed by atoms with van der Waals surface area (Å²) in [5.41, 5.74) is -0.0327. The molecule has 0 saturated heterocycles. The van der Waals surface area contributed by atoms with Crippen molar-refractivity contribution in [3.63, 3.8) is 0 Å². The molecule has 4 nitrogen and oxygen atoms in total. The predicted molar refractivity (Wildman–Crippen MR) is 62.9 cm³/mol. The number of aliphatic carboxylic acids is 1. The van der Waals surface area contributed by atoms with E-state index in [0.29, 0.717) is 10.9 Å². The van der Waals surface area contributed by atoms with Crippen LogP contribution in [-0.4, -0.2) is 28.9 Å². The number of nitrogens with zero attached hydrogens (tertiary/aromatic N) is 1. The molecule has 1 aromatic carbocycles. The number of halogens is 2. The number of rotatable bonds is 5. The number of carbonyl (C=O) groups excluding carboxylic acids is 1. The topological polar surface area (TPSA) is 57.6 Å². The Balaban J connectivity index is 3.22. The van der Waals surface area contributed by atoms with Gasteiger partial charge < -0.3 is 10.0 Å². The maximum absolute atomic E-state index is 13.7. The Bertz CT molecular complexity index is 439. The van der Waals surface area contributed by atoms with Gasteiger partial charge in [0.05, 0.1) is 0 Å². The maximum Gasteiger partial charge on any atom is 0.331 e. The highest BCUT2D eigenvalue weighted by atomic mass is 79.9. The summed E-state index contributed by atoms with van der Waals surface area (Å²) in [6, 6.07) is 2.76. The lowest BCUT2D eigenvalue weighted by Gasteiger charge is -2.24. The van der Waals surface area contributed by atoms with Crippen LogP contribution in [0.25, 0.3) is 0 Å². The summed E-state index contributed by atoms with van der Waals surface area (Å²) in [6.07, 6.45) is 0.403. The number of carboxylic acids is 1. The number of hydrogen-bond donors (Lipinski definition) is 1. The van der Waals surface area contributed by atoms with Gasteiger partial charge in [-0.25, -0.2) is 9.18 Å². The van der Waals surface area contributed by atoms with E-state index in [1.807, 2.05) is 0 Å². The van der Waals surface area contributed by atoms with Crippen LogP contribution in [0.3, 0.4) is 0 Å². The smallest absolute Gasteiger partial charge is 0.331 e. The van der Waals surface area contributed by atoms with Gasteiger partial charge in [-0.05, 0) is 19.1 Å². The molecule has 0 radical (unpaired) electrons. The van der Waals surface area contributed by atoms with Gasteiger partial charge in [-0.1, -0.05) is 22.0 Å². The van der Waals surface area contributed by atoms with Gasteiger partial charge in [0.25, 0.3) is 0 Å². The predicted octanol–water partition coefficient (Wildman–Crippen LogP) is 2.19. The summed E-state index contributed by atoms with van der Waals surface area (Å²) >= 11 is 3.08. The minimum atomic E-state index is -1.30. The maximum atomic E-state index is 13.7. The minimum Gasteiger partial charge on any atom is -0.479 e. The average Bonchev–Trinajstić information content (AvgIpc) is 2.26. The molecule has 0 saturated carbocycles. The van der Waals surface area contributed by atoms with Crippen LogP contribution in [0, 0.1) is 5.82 Å². The number of carbonyl (C=O) groups is 2. The first kappa shape index (κ1) is 13.6. The van der Waals surface area contributed by atoms with Crippen molar-refractivity contribution in [2.24, 2.45) is 0 Å². The summed E-state index contributed by atoms with van der Waals surface area (Å²) in [5.74, 6) is -1.92. The number of benzene rings is 1. The summed E-state index contributed by atoms with van der Waals surface area (Å²) < 4.78 is 14.2. The molecule has 1 amide bonds. The lowest BCUT2D eigenvalue weighted by molar-refractivity contribution is -0.146. The van der Waals surface area contributed by atoms with Crippen molar-refractivity contribution in [2.45, 2.75) is 13.0 Å². The van der Waals surface area contributed by atoms with Crippen LogP contribution in [0.15, 0.2) is 22.7 Å². The van der Waals surface area contributed by atoms with E-state index in [2.05, 4.69) is 15.9 Å². The lowest BCUT2D eigenvalue weighted by Crippen LogP contribution is -2.33. The molecule has 0 fully saturated rings. The second kappa shape index (κ2) is 5.77. The second-order valence-electron chi connectivity index (χ2n) is 3.34. The standard InChI is InChI=1S/C11H11BrFNO3/c1-2-14(6-15)10(11(16)17)8-4-3-7(12)5-9(8)13/h3-6,10H,2H2,1H3,(H,16,17). The molecular weight excluding hydrogens is 293 g/mol. The first-order chi connectivity index (χ1) is 8.01. The van der Waals surface area contributed by atoms with Gasteiger partial charge in [-0.2, -0.15) is 0 Å². The zero-order valence-electron chi connectivity index (χ0n) is 9.06. The van der Waals surface area contributed by atoms with Crippen molar-refractivity contribution < 1.29 is 19.1 Å². The first-order valence-corrected chi connectivity index (χ1v) is 5.69. The van der Waals surface area contributed by atoms with Gasteiger partial charge in [-0.3, -0.25) is 4.79 Å². The fourth-order valence-electron chi connectivity index (χ4n) is 1.49. The van der Waals surface area contributed by atoms with Crippen LogP contribution in [0.2, 0.25) is 0 Å². The molecule has 0 heterocycles. The van der Waals surface area contributed by atoms with Gasteiger partial charge >= 0.3 is 5.97 Å². The highest BCUT2D eigenvalue weighted by molar-refractivity contribution is 9.10. The lowest BCUT2D eigenvalue weighted by atomic mass is 10.1. The average molecular weight is 304 g/mol. The van der Waals surface area contributed by atoms with E-state index in [4.69, 9.17) is 5.11 Å². The van der Waals surface area contributed by atoms with Crippen molar-refractivity contribution in [3.8, 4) is 0 Å². The Morgan fingerprint density at radius 3 is 2.71 bits per heavy atom. The molecule has 1 unspecified atom stereocenters. The van der Waals surface area contributed by atoms with E-state index in [-0.39, 0.29) is 12.1 Å². The summed E-state index contributed by atoms with van der Waals surface area (Å²) in [7, 11) is 0. The van der Waals surface area contributed by atoms with Crippen molar-refractivity contribution in [1.82, 2.24) is 4.90 Å². The highest BCUT2D eigenvalue weighted by Gasteiger charge is 2.28. The summed E-state index contributed by atoms with van der Waals surface area (Å²) in [5, 5.41) is 9.07. The Kier molecular flexibility index (Phi) is 4.62. The van der Waals surface area contributed by atoms with Crippen molar-refractivity contribution >= 4 is 28.3 Å². The second-order valence-corrected chi connectivity index (χ2v) is 4.26. The van der Waals surface area contributed by atoms with Gasteiger partial charge in [0, 0.05) is 16.6 Å². The Labute approximate surface area is 106 Å². The van der Waals surface area contributed by atoms with Crippen LogP contribution in [0.4, 0.5) is 4.39 Å². The zero-order valence-corrected chi connectivity index (χ0v) is 10.6. The third-order valence-corrected chi connectivity index (χ3v) is 2.82. The Hall–Kier alpha value is -1.43. The van der Waals surface area contributed by atoms with E-state index in [1.54, 1.807) is 6.92 Å². The van der Waals surface area contributed by atoms with Crippen LogP contribution < -0.4 is 0 Å². The fourth-order valence-corrected chi connectivity index (χ4v) is 1.83. The largest absolute Gasteiger partial charge is 0.479 e. The molecule has 1 N–H and O–H groups in total. The molecule has 0 aliphatic heterocycles. The summed E-state index contributed by atoms with van der Waals surface area (Å²) in [4.78, 5) is 22.9. The number of likely N-dealkylation sites (N-methyl/N-ethyl adjacent to an activating group) is 1. The van der Waals surface area contributed by atoms with Gasteiger partial charge in [0.15, 0.2) is 6.04 Å². The zero-order chi connectivity index (χ0) is 13.0. The quantitative estimate of drug-likeness (QED) is 0.848. The van der Waals surface area contributed by atoms with Gasteiger partial charge in [-0.15, -0.1) is 0 Å². The van der Waals surface area contributed by atoms with E-state index >= 15 is 0 Å². The van der Waals surface area contributed by atoms with Crippen LogP contribution in [0.1, 0.15) is 18.5 Å². The van der Waals surface area contributed by atoms with Crippen LogP contribution in [0.5, 0.6) is 0 Å². The highest BCUT2D eigenvalue weighted by Crippen LogP contribution is 2.25. The van der Waals surface area contributed by atoms with E-state index < -0.39 is 17.8 Å². The van der Waals surface area contributed by atoms with Crippen molar-refractivity contribution in [2.75, 3.05) is 6.54 Å². The van der Waals surface area contributed by atoms with Crippen molar-refractivity contribution in [3.05, 3.63) is 34.1 Å². The Morgan fingerprint density at radius 1 is 1.65 bits per heavy atom. The molecule has 1 atom stereocenters. The molecule has 1 aromatic rings. The Morgan fingerprint density at radius 2 is 2.29 bits per heavy atom. The normalized spacial score (nSPS) is 11.9. The van der Waals surface area contributed by atoms with E-state index in [0.717, 1.165) is 4.90 Å². The molecule has 0 aliphatic rings. The first-order valence-electron chi connectivity index (χ1n) is 4.90. The fraction of sp³-hybridized carbons (Fsp3) is 0.273. The third kappa shape index (κ3) is 3.03. The monoisotopic (exact) mass is 303 g/mol. The molecule has 0 aliphatic carbocycles. The molecule has 92 valence electrons. The van der Waals surface area contributed by atoms with Gasteiger partial charge in [0.2, 0.25) is 6.41 Å². The molecule has 0 spiro atoms. The molecular formula is C11H11BrFNO3. The molecule has 6 heteroatoms. The molecule has 0 aromatic heterocycles. The summed E-state index contributed by atoms with van der Waals surface area (Å²) in [6.45, 7) is 1.82. The minimum absolute atomic E-state index is 0.0327. The van der Waals surface area contributed by atoms with Crippen molar-refractivity contribution in [1.29, 1.82) is 0 Å². The molecule has 1 rings (SSSR count).